The number of benzene rings is 3. The number of rotatable bonds is 3. The Bertz CT molecular complexity index is 1740. The monoisotopic (exact) mass is 461 g/mol. The molecule has 170 valence electrons. The molecule has 6 heteroatoms. The zero-order valence-electron chi connectivity index (χ0n) is 18.7. The summed E-state index contributed by atoms with van der Waals surface area (Å²) in [4.78, 5) is 29.4. The largest absolute Gasteiger partial charge is 0.361 e. The molecule has 0 bridgehead atoms. The molecule has 5 nitrogen and oxygen atoms in total. The van der Waals surface area contributed by atoms with Gasteiger partial charge in [0.2, 0.25) is 0 Å². The Kier molecular flexibility index (Phi) is 4.15. The van der Waals surface area contributed by atoms with E-state index in [4.69, 9.17) is 0 Å². The maximum Gasteiger partial charge on any atom is 0.259 e. The minimum absolute atomic E-state index is 0.280. The molecule has 2 amide bonds. The molecular weight excluding hydrogens is 441 g/mol. The van der Waals surface area contributed by atoms with Crippen molar-refractivity contribution in [1.82, 2.24) is 14.9 Å². The first kappa shape index (κ1) is 20.0. The molecule has 5 aromatic rings. The highest BCUT2D eigenvalue weighted by molar-refractivity contribution is 6.50. The number of halogens is 1. The van der Waals surface area contributed by atoms with Crippen LogP contribution < -0.4 is 5.32 Å². The van der Waals surface area contributed by atoms with Gasteiger partial charge in [-0.1, -0.05) is 42.5 Å². The van der Waals surface area contributed by atoms with Crippen LogP contribution >= 0.6 is 0 Å². The first-order valence-electron chi connectivity index (χ1n) is 11.7. The van der Waals surface area contributed by atoms with E-state index in [0.717, 1.165) is 57.9 Å². The number of aromatic nitrogens is 2. The zero-order valence-corrected chi connectivity index (χ0v) is 18.7. The van der Waals surface area contributed by atoms with Crippen molar-refractivity contribution in [2.75, 3.05) is 0 Å². The molecule has 0 aliphatic carbocycles. The number of carbonyl (C=O) groups excluding carboxylic acids is 2. The highest BCUT2D eigenvalue weighted by Gasteiger charge is 2.35. The van der Waals surface area contributed by atoms with Gasteiger partial charge in [0.05, 0.1) is 16.7 Å². The molecule has 0 atom stereocenters. The second-order valence-electron chi connectivity index (χ2n) is 9.16. The maximum absolute atomic E-state index is 13.3. The van der Waals surface area contributed by atoms with Crippen LogP contribution in [-0.2, 0) is 22.6 Å². The summed E-state index contributed by atoms with van der Waals surface area (Å²) in [6.45, 7) is 0.894. The molecule has 4 heterocycles. The van der Waals surface area contributed by atoms with Crippen molar-refractivity contribution in [2.24, 2.45) is 0 Å². The molecule has 2 aromatic heterocycles. The predicted molar refractivity (Wildman–Crippen MR) is 134 cm³/mol. The first-order valence-corrected chi connectivity index (χ1v) is 11.7. The Labute approximate surface area is 199 Å². The van der Waals surface area contributed by atoms with Gasteiger partial charge in [0.25, 0.3) is 11.8 Å². The Morgan fingerprint density at radius 3 is 2.43 bits per heavy atom. The van der Waals surface area contributed by atoms with Crippen LogP contribution in [0.25, 0.3) is 44.1 Å². The van der Waals surface area contributed by atoms with Crippen molar-refractivity contribution in [3.63, 3.8) is 0 Å². The number of hydrogen-bond donors (Lipinski definition) is 2. The van der Waals surface area contributed by atoms with Gasteiger partial charge in [0.1, 0.15) is 5.82 Å². The minimum atomic E-state index is -0.388. The van der Waals surface area contributed by atoms with Crippen LogP contribution in [0.1, 0.15) is 23.1 Å². The third kappa shape index (κ3) is 2.93. The number of imide groups is 1. The summed E-state index contributed by atoms with van der Waals surface area (Å²) >= 11 is 0. The fraction of sp³-hybridized carbons (Fsp3) is 0.103. The van der Waals surface area contributed by atoms with Crippen LogP contribution in [-0.4, -0.2) is 21.4 Å². The molecule has 0 radical (unpaired) electrons. The minimum Gasteiger partial charge on any atom is -0.361 e. The molecule has 0 unspecified atom stereocenters. The van der Waals surface area contributed by atoms with E-state index < -0.39 is 0 Å². The lowest BCUT2D eigenvalue weighted by Crippen LogP contribution is -2.22. The summed E-state index contributed by atoms with van der Waals surface area (Å²) in [5.74, 6) is -1.04. The lowest BCUT2D eigenvalue weighted by atomic mass is 9.94. The molecule has 0 spiro atoms. The van der Waals surface area contributed by atoms with Crippen molar-refractivity contribution in [1.29, 1.82) is 0 Å². The number of aryl methyl sites for hydroxylation is 2. The van der Waals surface area contributed by atoms with Crippen molar-refractivity contribution < 1.29 is 14.0 Å². The summed E-state index contributed by atoms with van der Waals surface area (Å²) in [6, 6.07) is 18.4. The number of hydrogen-bond acceptors (Lipinski definition) is 2. The molecular formula is C29H20FN3O2. The van der Waals surface area contributed by atoms with Crippen LogP contribution in [0.2, 0.25) is 0 Å². The predicted octanol–water partition coefficient (Wildman–Crippen LogP) is 5.44. The average Bonchev–Trinajstić information content (AvgIpc) is 3.53. The molecule has 2 N–H and O–H groups in total. The van der Waals surface area contributed by atoms with Gasteiger partial charge >= 0.3 is 0 Å². The molecule has 2 aliphatic rings. The summed E-state index contributed by atoms with van der Waals surface area (Å²) in [5.41, 5.74) is 7.37. The normalized spacial score (nSPS) is 15.5. The molecule has 0 fully saturated rings. The number of para-hydroxylation sites is 1. The van der Waals surface area contributed by atoms with Gasteiger partial charge in [-0.05, 0) is 47.7 Å². The second-order valence-corrected chi connectivity index (χ2v) is 9.16. The van der Waals surface area contributed by atoms with Crippen LogP contribution in [0, 0.1) is 5.82 Å². The summed E-state index contributed by atoms with van der Waals surface area (Å²) in [7, 11) is 0. The fourth-order valence-electron chi connectivity index (χ4n) is 5.58. The average molecular weight is 461 g/mol. The van der Waals surface area contributed by atoms with Gasteiger partial charge in [-0.3, -0.25) is 14.9 Å². The van der Waals surface area contributed by atoms with Crippen LogP contribution in [0.4, 0.5) is 4.39 Å². The zero-order chi connectivity index (χ0) is 23.7. The highest BCUT2D eigenvalue weighted by Crippen LogP contribution is 2.40. The van der Waals surface area contributed by atoms with Crippen LogP contribution in [0.15, 0.2) is 73.1 Å². The number of H-pyrrole nitrogens is 1. The van der Waals surface area contributed by atoms with E-state index in [1.807, 2.05) is 36.5 Å². The number of fused-ring (bicyclic) bond motifs is 1. The number of nitrogens with one attached hydrogen (secondary N) is 2. The number of nitrogens with zero attached hydrogens (tertiary/aromatic N) is 1. The van der Waals surface area contributed by atoms with E-state index in [1.165, 1.54) is 17.7 Å². The van der Waals surface area contributed by atoms with Gasteiger partial charge in [-0.2, -0.15) is 0 Å². The second kappa shape index (κ2) is 7.27. The van der Waals surface area contributed by atoms with E-state index in [0.29, 0.717) is 16.7 Å². The SMILES string of the molecule is O=C1NC(=O)C(c2cn3c4c(cccc24)CCC3)=C1c1c[nH]c2cc(-c3ccc(F)cc3)ccc12. The van der Waals surface area contributed by atoms with E-state index in [2.05, 4.69) is 20.9 Å². The van der Waals surface area contributed by atoms with Gasteiger partial charge < -0.3 is 9.55 Å². The Morgan fingerprint density at radius 2 is 1.60 bits per heavy atom. The molecule has 35 heavy (non-hydrogen) atoms. The molecule has 2 aliphatic heterocycles. The van der Waals surface area contributed by atoms with Crippen molar-refractivity contribution in [3.8, 4) is 11.1 Å². The van der Waals surface area contributed by atoms with Crippen LogP contribution in [0.3, 0.4) is 0 Å². The van der Waals surface area contributed by atoms with Crippen LogP contribution in [0.5, 0.6) is 0 Å². The maximum atomic E-state index is 13.3. The van der Waals surface area contributed by atoms with E-state index in [9.17, 15) is 14.0 Å². The summed E-state index contributed by atoms with van der Waals surface area (Å²) < 4.78 is 15.5. The third-order valence-corrected chi connectivity index (χ3v) is 7.16. The lowest BCUT2D eigenvalue weighted by Gasteiger charge is -2.14. The van der Waals surface area contributed by atoms with Crippen molar-refractivity contribution in [2.45, 2.75) is 19.4 Å². The lowest BCUT2D eigenvalue weighted by molar-refractivity contribution is -0.122. The number of aromatic amines is 1. The highest BCUT2D eigenvalue weighted by atomic mass is 19.1. The van der Waals surface area contributed by atoms with Gasteiger partial charge in [0.15, 0.2) is 0 Å². The van der Waals surface area contributed by atoms with Crippen molar-refractivity contribution in [3.05, 3.63) is 95.6 Å². The molecule has 0 saturated heterocycles. The summed E-state index contributed by atoms with van der Waals surface area (Å²) in [5, 5.41) is 4.37. The van der Waals surface area contributed by atoms with E-state index >= 15 is 0 Å². The summed E-state index contributed by atoms with van der Waals surface area (Å²) in [6.07, 6.45) is 5.87. The fourth-order valence-corrected chi connectivity index (χ4v) is 5.58. The smallest absolute Gasteiger partial charge is 0.259 e. The van der Waals surface area contributed by atoms with Gasteiger partial charge in [-0.15, -0.1) is 0 Å². The molecule has 3 aromatic carbocycles. The van der Waals surface area contributed by atoms with E-state index in [-0.39, 0.29) is 17.6 Å². The standard InChI is InChI=1S/C29H20FN3O2/c30-19-9-6-16(7-10-19)18-8-11-20-22(14-31-24(20)13-18)25-26(29(35)32-28(25)34)23-15-33-12-2-4-17-3-1-5-21(23)27(17)33/h1,3,5-11,13-15,31H,2,4,12H2,(H,32,34,35). The quantitative estimate of drug-likeness (QED) is 0.351. The number of carbonyl (C=O) groups is 2. The number of amides is 2. The Balaban J connectivity index is 1.43. The first-order chi connectivity index (χ1) is 17.1. The van der Waals surface area contributed by atoms with E-state index in [1.54, 1.807) is 18.3 Å². The molecule has 0 saturated carbocycles. The van der Waals surface area contributed by atoms with Crippen molar-refractivity contribution >= 4 is 44.8 Å². The van der Waals surface area contributed by atoms with Gasteiger partial charge in [-0.25, -0.2) is 4.39 Å². The van der Waals surface area contributed by atoms with Gasteiger partial charge in [0, 0.05) is 46.4 Å². The Morgan fingerprint density at radius 1 is 0.829 bits per heavy atom. The Hall–Kier alpha value is -4.45. The topological polar surface area (TPSA) is 66.9 Å². The molecule has 7 rings (SSSR count). The third-order valence-electron chi connectivity index (χ3n) is 7.16.